The minimum absolute atomic E-state index is 0.0733. The van der Waals surface area contributed by atoms with E-state index in [9.17, 15) is 9.90 Å². The Kier molecular flexibility index (Phi) is 4.42. The average molecular weight is 385 g/mol. The summed E-state index contributed by atoms with van der Waals surface area (Å²) in [5.74, 6) is -1.13. The van der Waals surface area contributed by atoms with Gasteiger partial charge in [-0.05, 0) is 24.1 Å². The fraction of sp³-hybridized carbons (Fsp3) is 0.188. The molecule has 0 spiro atoms. The molecule has 1 N–H and O–H groups in total. The van der Waals surface area contributed by atoms with E-state index >= 15 is 0 Å². The molecular weight excluding hydrogens is 373 g/mol. The van der Waals surface area contributed by atoms with Crippen molar-refractivity contribution in [3.05, 3.63) is 50.7 Å². The van der Waals surface area contributed by atoms with Crippen molar-refractivity contribution in [2.45, 2.75) is 19.8 Å². The van der Waals surface area contributed by atoms with Crippen LogP contribution in [0.3, 0.4) is 0 Å². The highest BCUT2D eigenvalue weighted by molar-refractivity contribution is 6.35. The summed E-state index contributed by atoms with van der Waals surface area (Å²) in [7, 11) is 0. The van der Waals surface area contributed by atoms with Gasteiger partial charge in [-0.25, -0.2) is 14.3 Å². The van der Waals surface area contributed by atoms with Gasteiger partial charge in [0, 0.05) is 21.2 Å². The van der Waals surface area contributed by atoms with E-state index in [1.54, 1.807) is 18.2 Å². The van der Waals surface area contributed by atoms with Gasteiger partial charge in [-0.15, -0.1) is 0 Å². The molecule has 2 aromatic heterocycles. The van der Waals surface area contributed by atoms with Gasteiger partial charge in [0.25, 0.3) is 0 Å². The number of carboxylic acid groups (broad SMARTS) is 1. The van der Waals surface area contributed by atoms with E-state index < -0.39 is 5.97 Å². The molecule has 0 bridgehead atoms. The van der Waals surface area contributed by atoms with Crippen molar-refractivity contribution in [1.29, 1.82) is 0 Å². The van der Waals surface area contributed by atoms with Crippen molar-refractivity contribution in [3.8, 4) is 11.3 Å². The first-order valence-electron chi connectivity index (χ1n) is 7.06. The number of hydrogen-bond donors (Lipinski definition) is 1. The molecule has 0 aliphatic heterocycles. The first kappa shape index (κ1) is 17.0. The van der Waals surface area contributed by atoms with Gasteiger partial charge in [-0.1, -0.05) is 48.7 Å². The second-order valence-corrected chi connectivity index (χ2v) is 6.81. The summed E-state index contributed by atoms with van der Waals surface area (Å²) in [6.45, 7) is 3.78. The number of imidazole rings is 1. The first-order chi connectivity index (χ1) is 11.3. The Morgan fingerprint density at radius 3 is 2.33 bits per heavy atom. The third-order valence-corrected chi connectivity index (χ3v) is 4.35. The van der Waals surface area contributed by atoms with E-state index in [2.05, 4.69) is 10.1 Å². The van der Waals surface area contributed by atoms with Gasteiger partial charge in [0.2, 0.25) is 0 Å². The summed E-state index contributed by atoms with van der Waals surface area (Å²) in [6.07, 6.45) is 1.28. The van der Waals surface area contributed by atoms with Gasteiger partial charge in [-0.2, -0.15) is 5.10 Å². The zero-order valence-corrected chi connectivity index (χ0v) is 15.0. The molecule has 0 aliphatic rings. The minimum atomic E-state index is -1.06. The lowest BCUT2D eigenvalue weighted by molar-refractivity contribution is 0.0694. The maximum Gasteiger partial charge on any atom is 0.337 e. The zero-order valence-electron chi connectivity index (χ0n) is 12.7. The molecule has 0 radical (unpaired) electrons. The molecule has 3 aromatic rings. The van der Waals surface area contributed by atoms with Crippen LogP contribution in [0.5, 0.6) is 0 Å². The summed E-state index contributed by atoms with van der Waals surface area (Å²) in [5, 5.41) is 14.7. The maximum atomic E-state index is 11.5. The molecule has 0 amide bonds. The van der Waals surface area contributed by atoms with E-state index in [-0.39, 0.29) is 16.6 Å². The highest BCUT2D eigenvalue weighted by atomic mass is 35.5. The van der Waals surface area contributed by atoms with E-state index in [1.807, 2.05) is 13.8 Å². The Morgan fingerprint density at radius 2 is 1.79 bits per heavy atom. The lowest BCUT2D eigenvalue weighted by atomic mass is 10.00. The Bertz CT molecular complexity index is 947. The predicted molar refractivity (Wildman–Crippen MR) is 94.5 cm³/mol. The molecule has 0 fully saturated rings. The van der Waals surface area contributed by atoms with Gasteiger partial charge >= 0.3 is 5.97 Å². The largest absolute Gasteiger partial charge is 0.478 e. The van der Waals surface area contributed by atoms with Crippen LogP contribution < -0.4 is 0 Å². The topological polar surface area (TPSA) is 67.5 Å². The van der Waals surface area contributed by atoms with E-state index in [0.717, 1.165) is 0 Å². The number of halogens is 3. The van der Waals surface area contributed by atoms with Gasteiger partial charge in [0.05, 0.1) is 11.8 Å². The number of aromatic carboxylic acids is 1. The van der Waals surface area contributed by atoms with Gasteiger partial charge in [0.15, 0.2) is 10.8 Å². The number of benzene rings is 1. The number of rotatable bonds is 3. The van der Waals surface area contributed by atoms with Crippen LogP contribution >= 0.6 is 34.8 Å². The molecule has 5 nitrogen and oxygen atoms in total. The second kappa shape index (κ2) is 6.24. The molecule has 0 saturated heterocycles. The lowest BCUT2D eigenvalue weighted by Crippen LogP contribution is -2.09. The number of fused-ring (bicyclic) bond motifs is 1. The van der Waals surface area contributed by atoms with Crippen LogP contribution in [0.1, 0.15) is 35.7 Å². The molecule has 3 rings (SSSR count). The van der Waals surface area contributed by atoms with Crippen molar-refractivity contribution in [2.24, 2.45) is 0 Å². The first-order valence-corrected chi connectivity index (χ1v) is 8.20. The van der Waals surface area contributed by atoms with Crippen LogP contribution in [-0.2, 0) is 0 Å². The minimum Gasteiger partial charge on any atom is -0.478 e. The Hall–Kier alpha value is -1.82. The smallest absolute Gasteiger partial charge is 0.337 e. The molecule has 0 saturated carbocycles. The van der Waals surface area contributed by atoms with Crippen molar-refractivity contribution in [2.75, 3.05) is 0 Å². The van der Waals surface area contributed by atoms with Crippen molar-refractivity contribution < 1.29 is 9.90 Å². The molecule has 8 heteroatoms. The summed E-state index contributed by atoms with van der Waals surface area (Å²) in [5.41, 5.74) is 2.15. The third-order valence-electron chi connectivity index (χ3n) is 3.58. The van der Waals surface area contributed by atoms with Crippen LogP contribution in [0.4, 0.5) is 0 Å². The van der Waals surface area contributed by atoms with Crippen LogP contribution in [0, 0.1) is 0 Å². The van der Waals surface area contributed by atoms with E-state index in [4.69, 9.17) is 34.8 Å². The SMILES string of the molecule is CC(C)c1c(C(=O)O)cnn2c(Cl)c(-c3cc(Cl)cc(Cl)c3)nc12. The molecule has 2 heterocycles. The predicted octanol–water partition coefficient (Wildman–Crippen LogP) is 5.18. The second-order valence-electron chi connectivity index (χ2n) is 5.58. The fourth-order valence-electron chi connectivity index (χ4n) is 2.59. The van der Waals surface area contributed by atoms with Crippen LogP contribution in [-0.4, -0.2) is 25.7 Å². The fourth-order valence-corrected chi connectivity index (χ4v) is 3.39. The normalized spacial score (nSPS) is 11.4. The molecule has 0 atom stereocenters. The van der Waals surface area contributed by atoms with E-state index in [1.165, 1.54) is 10.7 Å². The highest BCUT2D eigenvalue weighted by Gasteiger charge is 2.23. The van der Waals surface area contributed by atoms with E-state index in [0.29, 0.717) is 32.5 Å². The lowest BCUT2D eigenvalue weighted by Gasteiger charge is -2.10. The van der Waals surface area contributed by atoms with Crippen LogP contribution in [0.15, 0.2) is 24.4 Å². The highest BCUT2D eigenvalue weighted by Crippen LogP contribution is 2.34. The van der Waals surface area contributed by atoms with Crippen LogP contribution in [0.2, 0.25) is 15.2 Å². The summed E-state index contributed by atoms with van der Waals surface area (Å²) in [4.78, 5) is 16.0. The van der Waals surface area contributed by atoms with Gasteiger partial charge in [-0.3, -0.25) is 0 Å². The molecule has 24 heavy (non-hydrogen) atoms. The van der Waals surface area contributed by atoms with Crippen LogP contribution in [0.25, 0.3) is 16.9 Å². The zero-order chi connectivity index (χ0) is 17.6. The Morgan fingerprint density at radius 1 is 1.17 bits per heavy atom. The van der Waals surface area contributed by atoms with Gasteiger partial charge < -0.3 is 5.11 Å². The Labute approximate surface area is 152 Å². The third kappa shape index (κ3) is 2.83. The molecule has 0 unspecified atom stereocenters. The summed E-state index contributed by atoms with van der Waals surface area (Å²) >= 11 is 18.5. The van der Waals surface area contributed by atoms with Crippen molar-refractivity contribution >= 4 is 46.4 Å². The summed E-state index contributed by atoms with van der Waals surface area (Å²) < 4.78 is 1.42. The van der Waals surface area contributed by atoms with Crippen molar-refractivity contribution in [3.63, 3.8) is 0 Å². The van der Waals surface area contributed by atoms with Crippen molar-refractivity contribution in [1.82, 2.24) is 14.6 Å². The summed E-state index contributed by atoms with van der Waals surface area (Å²) in [6, 6.07) is 4.99. The number of carboxylic acids is 1. The average Bonchev–Trinajstić information content (AvgIpc) is 2.82. The standard InChI is InChI=1S/C16H12Cl3N3O2/c1-7(2)12-11(16(23)24)6-20-22-14(19)13(21-15(12)22)8-3-9(17)5-10(18)4-8/h3-7H,1-2H3,(H,23,24). The molecular formula is C16H12Cl3N3O2. The number of aromatic nitrogens is 3. The molecule has 124 valence electrons. The van der Waals surface area contributed by atoms with Gasteiger partial charge in [0.1, 0.15) is 5.69 Å². The molecule has 1 aromatic carbocycles. The number of carbonyl (C=O) groups is 1. The quantitative estimate of drug-likeness (QED) is 0.675. The number of nitrogens with zero attached hydrogens (tertiary/aromatic N) is 3. The Balaban J connectivity index is 2.35. The maximum absolute atomic E-state index is 11.5. The molecule has 0 aliphatic carbocycles. The number of hydrogen-bond acceptors (Lipinski definition) is 3. The monoisotopic (exact) mass is 383 g/mol.